The lowest BCUT2D eigenvalue weighted by molar-refractivity contribution is -0.137. The standard InChI is InChI=1S/C18H20F3N3/c19-18(20,21)15-8-6-14(7-9-15)17-23-11-13(12-24-17)10-22-16-4-2-1-3-5-16/h6-9,11-12,16,22H,1-5,10H2. The molecule has 0 saturated heterocycles. The van der Waals surface area contributed by atoms with E-state index in [-0.39, 0.29) is 0 Å². The Morgan fingerprint density at radius 1 is 0.958 bits per heavy atom. The van der Waals surface area contributed by atoms with E-state index in [9.17, 15) is 13.2 Å². The van der Waals surface area contributed by atoms with Gasteiger partial charge < -0.3 is 5.32 Å². The van der Waals surface area contributed by atoms with Gasteiger partial charge in [-0.1, -0.05) is 31.4 Å². The van der Waals surface area contributed by atoms with E-state index >= 15 is 0 Å². The van der Waals surface area contributed by atoms with Crippen molar-refractivity contribution in [1.29, 1.82) is 0 Å². The molecular formula is C18H20F3N3. The number of hydrogen-bond acceptors (Lipinski definition) is 3. The summed E-state index contributed by atoms with van der Waals surface area (Å²) in [6.07, 6.45) is 5.44. The van der Waals surface area contributed by atoms with Crippen LogP contribution in [0.25, 0.3) is 11.4 Å². The zero-order valence-corrected chi connectivity index (χ0v) is 13.3. The Kier molecular flexibility index (Phi) is 5.14. The first-order valence-corrected chi connectivity index (χ1v) is 8.24. The number of nitrogens with zero attached hydrogens (tertiary/aromatic N) is 2. The van der Waals surface area contributed by atoms with E-state index in [2.05, 4.69) is 15.3 Å². The van der Waals surface area contributed by atoms with Crippen LogP contribution in [0.5, 0.6) is 0 Å². The lowest BCUT2D eigenvalue weighted by atomic mass is 9.95. The molecule has 1 aliphatic carbocycles. The average molecular weight is 335 g/mol. The molecule has 24 heavy (non-hydrogen) atoms. The van der Waals surface area contributed by atoms with Crippen molar-refractivity contribution in [3.05, 3.63) is 47.8 Å². The molecule has 1 fully saturated rings. The summed E-state index contributed by atoms with van der Waals surface area (Å²) < 4.78 is 37.7. The molecule has 0 radical (unpaired) electrons. The predicted molar refractivity (Wildman–Crippen MR) is 86.2 cm³/mol. The van der Waals surface area contributed by atoms with Crippen molar-refractivity contribution in [3.63, 3.8) is 0 Å². The highest BCUT2D eigenvalue weighted by atomic mass is 19.4. The van der Waals surface area contributed by atoms with Crippen LogP contribution in [0.15, 0.2) is 36.7 Å². The fraction of sp³-hybridized carbons (Fsp3) is 0.444. The zero-order valence-electron chi connectivity index (χ0n) is 13.3. The van der Waals surface area contributed by atoms with Crippen LogP contribution in [0.1, 0.15) is 43.2 Å². The minimum atomic E-state index is -4.33. The van der Waals surface area contributed by atoms with E-state index in [0.29, 0.717) is 17.4 Å². The fourth-order valence-electron chi connectivity index (χ4n) is 2.97. The molecule has 0 amide bonds. The van der Waals surface area contributed by atoms with Gasteiger partial charge >= 0.3 is 6.18 Å². The molecule has 0 unspecified atom stereocenters. The zero-order chi connectivity index (χ0) is 17.0. The minimum absolute atomic E-state index is 0.435. The first-order valence-electron chi connectivity index (χ1n) is 8.24. The van der Waals surface area contributed by atoms with Crippen LogP contribution < -0.4 is 5.32 Å². The maximum Gasteiger partial charge on any atom is 0.416 e. The molecule has 1 aromatic carbocycles. The van der Waals surface area contributed by atoms with E-state index in [4.69, 9.17) is 0 Å². The summed E-state index contributed by atoms with van der Waals surface area (Å²) in [5.74, 6) is 0.435. The first-order chi connectivity index (χ1) is 11.5. The molecular weight excluding hydrogens is 315 g/mol. The maximum absolute atomic E-state index is 12.6. The molecule has 0 bridgehead atoms. The maximum atomic E-state index is 12.6. The Morgan fingerprint density at radius 3 is 2.17 bits per heavy atom. The number of alkyl halides is 3. The normalized spacial score (nSPS) is 16.3. The summed E-state index contributed by atoms with van der Waals surface area (Å²) in [4.78, 5) is 8.54. The molecule has 128 valence electrons. The second kappa shape index (κ2) is 7.30. The molecule has 0 aliphatic heterocycles. The molecule has 2 aromatic rings. The van der Waals surface area contributed by atoms with Crippen LogP contribution in [0.3, 0.4) is 0 Å². The number of rotatable bonds is 4. The highest BCUT2D eigenvalue weighted by Crippen LogP contribution is 2.30. The third-order valence-corrected chi connectivity index (χ3v) is 4.38. The largest absolute Gasteiger partial charge is 0.416 e. The van der Waals surface area contributed by atoms with Crippen molar-refractivity contribution >= 4 is 0 Å². The molecule has 1 aromatic heterocycles. The Hall–Kier alpha value is -1.95. The van der Waals surface area contributed by atoms with Crippen LogP contribution in [0, 0.1) is 0 Å². The second-order valence-corrected chi connectivity index (χ2v) is 6.21. The van der Waals surface area contributed by atoms with Gasteiger partial charge in [0.25, 0.3) is 0 Å². The summed E-state index contributed by atoms with van der Waals surface area (Å²) >= 11 is 0. The molecule has 1 N–H and O–H groups in total. The summed E-state index contributed by atoms with van der Waals surface area (Å²) in [5.41, 5.74) is 0.894. The third kappa shape index (κ3) is 4.32. The van der Waals surface area contributed by atoms with Crippen molar-refractivity contribution < 1.29 is 13.2 Å². The Morgan fingerprint density at radius 2 is 1.58 bits per heavy atom. The van der Waals surface area contributed by atoms with Gasteiger partial charge in [0.2, 0.25) is 0 Å². The Labute approximate surface area is 139 Å². The molecule has 3 nitrogen and oxygen atoms in total. The van der Waals surface area contributed by atoms with Gasteiger partial charge in [-0.05, 0) is 25.0 Å². The Balaban J connectivity index is 1.61. The average Bonchev–Trinajstić information content (AvgIpc) is 2.61. The molecule has 6 heteroatoms. The van der Waals surface area contributed by atoms with E-state index in [1.165, 1.54) is 44.2 Å². The first kappa shape index (κ1) is 16.9. The summed E-state index contributed by atoms with van der Waals surface area (Å²) in [5, 5.41) is 3.52. The van der Waals surface area contributed by atoms with Crippen molar-refractivity contribution in [1.82, 2.24) is 15.3 Å². The highest BCUT2D eigenvalue weighted by molar-refractivity contribution is 5.55. The number of halogens is 3. The number of hydrogen-bond donors (Lipinski definition) is 1. The quantitative estimate of drug-likeness (QED) is 0.888. The van der Waals surface area contributed by atoms with E-state index in [0.717, 1.165) is 24.2 Å². The summed E-state index contributed by atoms with van der Waals surface area (Å²) in [6.45, 7) is 0.720. The van der Waals surface area contributed by atoms with E-state index < -0.39 is 11.7 Å². The summed E-state index contributed by atoms with van der Waals surface area (Å²) in [7, 11) is 0. The van der Waals surface area contributed by atoms with Crippen molar-refractivity contribution in [2.75, 3.05) is 0 Å². The van der Waals surface area contributed by atoms with Gasteiger partial charge in [-0.25, -0.2) is 9.97 Å². The number of nitrogens with one attached hydrogen (secondary N) is 1. The van der Waals surface area contributed by atoms with Gasteiger partial charge in [-0.2, -0.15) is 13.2 Å². The molecule has 3 rings (SSSR count). The van der Waals surface area contributed by atoms with Gasteiger partial charge in [-0.15, -0.1) is 0 Å². The van der Waals surface area contributed by atoms with Gasteiger partial charge in [0, 0.05) is 36.1 Å². The van der Waals surface area contributed by atoms with Gasteiger partial charge in [0.05, 0.1) is 5.56 Å². The number of aromatic nitrogens is 2. The van der Waals surface area contributed by atoms with Crippen LogP contribution in [-0.4, -0.2) is 16.0 Å². The fourth-order valence-corrected chi connectivity index (χ4v) is 2.97. The van der Waals surface area contributed by atoms with Crippen molar-refractivity contribution in [2.24, 2.45) is 0 Å². The van der Waals surface area contributed by atoms with Crippen molar-refractivity contribution in [3.8, 4) is 11.4 Å². The van der Waals surface area contributed by atoms with Crippen LogP contribution in [-0.2, 0) is 12.7 Å². The molecule has 0 spiro atoms. The summed E-state index contributed by atoms with van der Waals surface area (Å²) in [6, 6.07) is 5.47. The molecule has 1 heterocycles. The van der Waals surface area contributed by atoms with Crippen molar-refractivity contribution in [2.45, 2.75) is 50.9 Å². The van der Waals surface area contributed by atoms with Gasteiger partial charge in [-0.3, -0.25) is 0 Å². The third-order valence-electron chi connectivity index (χ3n) is 4.38. The topological polar surface area (TPSA) is 37.8 Å². The molecule has 1 aliphatic rings. The van der Waals surface area contributed by atoms with Crippen LogP contribution in [0.2, 0.25) is 0 Å². The van der Waals surface area contributed by atoms with Gasteiger partial charge in [0.1, 0.15) is 0 Å². The van der Waals surface area contributed by atoms with E-state index in [1.807, 2.05) is 0 Å². The SMILES string of the molecule is FC(F)(F)c1ccc(-c2ncc(CNC3CCCCC3)cn2)cc1. The van der Waals surface area contributed by atoms with Crippen LogP contribution in [0.4, 0.5) is 13.2 Å². The second-order valence-electron chi connectivity index (χ2n) is 6.21. The number of benzene rings is 1. The van der Waals surface area contributed by atoms with Gasteiger partial charge in [0.15, 0.2) is 5.82 Å². The lowest BCUT2D eigenvalue weighted by Gasteiger charge is -2.22. The van der Waals surface area contributed by atoms with Crippen LogP contribution >= 0.6 is 0 Å². The smallest absolute Gasteiger partial charge is 0.310 e. The lowest BCUT2D eigenvalue weighted by Crippen LogP contribution is -2.30. The predicted octanol–water partition coefficient (Wildman–Crippen LogP) is 4.58. The monoisotopic (exact) mass is 335 g/mol. The highest BCUT2D eigenvalue weighted by Gasteiger charge is 2.30. The van der Waals surface area contributed by atoms with E-state index in [1.54, 1.807) is 12.4 Å². The molecule has 1 saturated carbocycles. The minimum Gasteiger partial charge on any atom is -0.310 e. The Bertz CT molecular complexity index is 645. The molecule has 0 atom stereocenters.